The van der Waals surface area contributed by atoms with Crippen molar-refractivity contribution in [2.75, 3.05) is 0 Å². The Hall–Kier alpha value is -2.56. The number of hydrogen-bond acceptors (Lipinski definition) is 3. The molecule has 1 aromatic heterocycles. The molecule has 0 fully saturated rings. The Kier molecular flexibility index (Phi) is 6.15. The Morgan fingerprint density at radius 1 is 0.759 bits per heavy atom. The van der Waals surface area contributed by atoms with Crippen LogP contribution in [0.15, 0.2) is 78.9 Å². The summed E-state index contributed by atoms with van der Waals surface area (Å²) < 4.78 is 61.8. The summed E-state index contributed by atoms with van der Waals surface area (Å²) in [4.78, 5) is 3.59. The van der Waals surface area contributed by atoms with Gasteiger partial charge in [0.25, 0.3) is 0 Å². The molecular weight excluding hydrogens is 468 g/mol. The van der Waals surface area contributed by atoms with Crippen molar-refractivity contribution in [1.82, 2.24) is 0 Å². The van der Waals surface area contributed by atoms with Crippen molar-refractivity contribution in [3.63, 3.8) is 0 Å². The average Bonchev–Trinajstić information content (AvgIpc) is 3.00. The molecule has 0 amide bonds. The van der Waals surface area contributed by atoms with Crippen LogP contribution in [0.1, 0.15) is 5.56 Å². The van der Waals surface area contributed by atoms with Crippen molar-refractivity contribution in [3.8, 4) is 10.7 Å². The zero-order valence-corrected chi connectivity index (χ0v) is 17.2. The maximum absolute atomic E-state index is 10.7. The first-order chi connectivity index (χ1) is 13.7. The van der Waals surface area contributed by atoms with Crippen molar-refractivity contribution >= 4 is 42.9 Å². The number of alkyl halides is 3. The SMILES string of the molecule is C(#C[se+]1c2ccccc2c2ccccc21)c1ccccc1.O=S(=O)([O-])C(F)(F)F. The minimum Gasteiger partial charge on any atom is -0.741 e. The summed E-state index contributed by atoms with van der Waals surface area (Å²) in [5.74, 6) is 3.37. The first-order valence-corrected chi connectivity index (χ1v) is 12.2. The van der Waals surface area contributed by atoms with Gasteiger partial charge in [0.2, 0.25) is 0 Å². The Morgan fingerprint density at radius 3 is 1.62 bits per heavy atom. The summed E-state index contributed by atoms with van der Waals surface area (Å²) in [5, 5.41) is 2.75. The molecule has 1 heterocycles. The van der Waals surface area contributed by atoms with Crippen LogP contribution in [0.3, 0.4) is 0 Å². The number of rotatable bonds is 0. The third-order valence-electron chi connectivity index (χ3n) is 3.86. The molecule has 29 heavy (non-hydrogen) atoms. The Bertz CT molecular complexity index is 1260. The molecule has 0 saturated heterocycles. The molecule has 0 atom stereocenters. The van der Waals surface area contributed by atoms with Crippen LogP contribution in [0, 0.1) is 10.7 Å². The number of fused-ring (bicyclic) bond motifs is 3. The van der Waals surface area contributed by atoms with E-state index >= 15 is 0 Å². The van der Waals surface area contributed by atoms with Crippen molar-refractivity contribution in [3.05, 3.63) is 84.4 Å². The molecule has 0 aliphatic carbocycles. The normalized spacial score (nSPS) is 11.4. The topological polar surface area (TPSA) is 57.2 Å². The molecule has 3 nitrogen and oxygen atoms in total. The Morgan fingerprint density at radius 2 is 1.17 bits per heavy atom. The molecule has 8 heteroatoms. The summed E-state index contributed by atoms with van der Waals surface area (Å²) in [5.41, 5.74) is -4.55. The van der Waals surface area contributed by atoms with Gasteiger partial charge in [-0.3, -0.25) is 0 Å². The molecular formula is C21H13F3O3SSe. The van der Waals surface area contributed by atoms with Crippen LogP contribution < -0.4 is 0 Å². The van der Waals surface area contributed by atoms with E-state index in [9.17, 15) is 13.2 Å². The van der Waals surface area contributed by atoms with Gasteiger partial charge >= 0.3 is 133 Å². The minimum atomic E-state index is -6.09. The maximum atomic E-state index is 10.7. The van der Waals surface area contributed by atoms with E-state index in [0.29, 0.717) is 0 Å². The fourth-order valence-corrected chi connectivity index (χ4v) is 6.58. The molecule has 0 saturated carbocycles. The third kappa shape index (κ3) is 4.89. The second kappa shape index (κ2) is 8.44. The Balaban J connectivity index is 0.000000258. The molecule has 0 N–H and O–H groups in total. The summed E-state index contributed by atoms with van der Waals surface area (Å²) >= 11 is -1.25. The molecule has 0 aliphatic rings. The molecule has 0 unspecified atom stereocenters. The summed E-state index contributed by atoms with van der Waals surface area (Å²) in [6, 6.07) is 27.7. The smallest absolute Gasteiger partial charge is 0.485 e. The van der Waals surface area contributed by atoms with Crippen LogP contribution in [-0.4, -0.2) is 31.9 Å². The van der Waals surface area contributed by atoms with Crippen molar-refractivity contribution in [2.24, 2.45) is 0 Å². The summed E-state index contributed by atoms with van der Waals surface area (Å²) in [6.45, 7) is 0. The van der Waals surface area contributed by atoms with Gasteiger partial charge in [0.05, 0.1) is 0 Å². The van der Waals surface area contributed by atoms with Gasteiger partial charge in [-0.2, -0.15) is 13.2 Å². The van der Waals surface area contributed by atoms with Gasteiger partial charge in [0, 0.05) is 0 Å². The van der Waals surface area contributed by atoms with Crippen LogP contribution in [0.4, 0.5) is 13.2 Å². The van der Waals surface area contributed by atoms with Gasteiger partial charge in [-0.05, 0) is 0 Å². The zero-order valence-electron chi connectivity index (χ0n) is 14.7. The average molecular weight is 481 g/mol. The molecule has 0 radical (unpaired) electrons. The zero-order chi connectivity index (χ0) is 21.1. The van der Waals surface area contributed by atoms with E-state index in [1.54, 1.807) is 0 Å². The van der Waals surface area contributed by atoms with E-state index < -0.39 is 29.1 Å². The quantitative estimate of drug-likeness (QED) is 0.159. The number of benzene rings is 3. The first-order valence-electron chi connectivity index (χ1n) is 8.20. The molecule has 4 aromatic rings. The molecule has 0 aliphatic heterocycles. The predicted octanol–water partition coefficient (Wildman–Crippen LogP) is 4.65. The van der Waals surface area contributed by atoms with Gasteiger partial charge < -0.3 is 4.55 Å². The van der Waals surface area contributed by atoms with Crippen LogP contribution in [0.5, 0.6) is 0 Å². The molecule has 3 aromatic carbocycles. The van der Waals surface area contributed by atoms with E-state index in [1.807, 2.05) is 18.2 Å². The van der Waals surface area contributed by atoms with E-state index in [4.69, 9.17) is 13.0 Å². The van der Waals surface area contributed by atoms with Crippen molar-refractivity contribution < 1.29 is 26.1 Å². The van der Waals surface area contributed by atoms with Gasteiger partial charge in [-0.25, -0.2) is 8.42 Å². The maximum Gasteiger partial charge on any atom is 0.485 e. The fraction of sp³-hybridized carbons (Fsp3) is 0.0476. The standard InChI is InChI=1S/C20H13Se.CHF3O3S/c1-2-8-16(9-3-1)14-15-21-19-12-6-4-10-17(19)18-11-5-7-13-20(18)21;2-1(3,4)8(5,6)7/h1-13H;(H,5,6,7)/q+1;/p-1. The third-order valence-corrected chi connectivity index (χ3v) is 8.41. The van der Waals surface area contributed by atoms with Crippen LogP contribution in [0.2, 0.25) is 0 Å². The number of halogens is 3. The first kappa shape index (κ1) is 21.2. The summed E-state index contributed by atoms with van der Waals surface area (Å²) in [6.07, 6.45) is 0. The van der Waals surface area contributed by atoms with Crippen molar-refractivity contribution in [2.45, 2.75) is 5.51 Å². The van der Waals surface area contributed by atoms with E-state index in [-0.39, 0.29) is 0 Å². The molecule has 0 bridgehead atoms. The molecule has 0 spiro atoms. The monoisotopic (exact) mass is 482 g/mol. The summed E-state index contributed by atoms with van der Waals surface area (Å²) in [7, 11) is -6.09. The number of hydrogen-bond donors (Lipinski definition) is 0. The minimum absolute atomic E-state index is 1.10. The largest absolute Gasteiger partial charge is 0.741 e. The van der Waals surface area contributed by atoms with Gasteiger partial charge in [-0.15, -0.1) is 0 Å². The second-order valence-electron chi connectivity index (χ2n) is 5.79. The second-order valence-corrected chi connectivity index (χ2v) is 10.7. The van der Waals surface area contributed by atoms with E-state index in [1.165, 1.54) is 19.3 Å². The van der Waals surface area contributed by atoms with Gasteiger partial charge in [0.1, 0.15) is 0 Å². The predicted molar refractivity (Wildman–Crippen MR) is 107 cm³/mol. The fourth-order valence-electron chi connectivity index (χ4n) is 2.59. The van der Waals surface area contributed by atoms with Crippen LogP contribution >= 0.6 is 0 Å². The van der Waals surface area contributed by atoms with Crippen LogP contribution in [0.25, 0.3) is 19.3 Å². The van der Waals surface area contributed by atoms with Gasteiger partial charge in [-0.1, -0.05) is 0 Å². The van der Waals surface area contributed by atoms with Gasteiger partial charge in [0.15, 0.2) is 10.1 Å². The van der Waals surface area contributed by atoms with Crippen LogP contribution in [-0.2, 0) is 10.1 Å². The van der Waals surface area contributed by atoms with E-state index in [0.717, 1.165) is 5.56 Å². The van der Waals surface area contributed by atoms with Crippen molar-refractivity contribution in [1.29, 1.82) is 0 Å². The molecule has 4 rings (SSSR count). The van der Waals surface area contributed by atoms with E-state index in [2.05, 4.69) is 71.4 Å². The molecule has 148 valence electrons. The Labute approximate surface area is 169 Å².